The molecule has 0 saturated carbocycles. The summed E-state index contributed by atoms with van der Waals surface area (Å²) in [5.41, 5.74) is 1.14. The van der Waals surface area contributed by atoms with Gasteiger partial charge >= 0.3 is 0 Å². The number of rotatable bonds is 1. The van der Waals surface area contributed by atoms with Gasteiger partial charge in [-0.15, -0.1) is 0 Å². The second kappa shape index (κ2) is 3.34. The van der Waals surface area contributed by atoms with E-state index in [-0.39, 0.29) is 0 Å². The molecule has 3 heteroatoms. The molecule has 0 N–H and O–H groups in total. The monoisotopic (exact) mass is 178 g/mol. The molecule has 0 spiro atoms. The van der Waals surface area contributed by atoms with Crippen LogP contribution in [0, 0.1) is 5.21 Å². The Morgan fingerprint density at radius 2 is 2.46 bits per heavy atom. The van der Waals surface area contributed by atoms with Crippen molar-refractivity contribution in [1.29, 1.82) is 0 Å². The number of likely N-dealkylation sites (tertiary alicyclic amines) is 1. The maximum absolute atomic E-state index is 11.1. The quantitative estimate of drug-likeness (QED) is 0.476. The molecule has 13 heavy (non-hydrogen) atoms. The predicted octanol–water partition coefficient (Wildman–Crippen LogP) is 1.09. The third-order valence-corrected chi connectivity index (χ3v) is 2.70. The second-order valence-corrected chi connectivity index (χ2v) is 3.64. The first kappa shape index (κ1) is 8.51. The summed E-state index contributed by atoms with van der Waals surface area (Å²) in [5.74, 6) is 0. The molecule has 70 valence electrons. The average Bonchev–Trinajstić information content (AvgIpc) is 2.51. The van der Waals surface area contributed by atoms with Crippen LogP contribution in [0.4, 0.5) is 0 Å². The van der Waals surface area contributed by atoms with Gasteiger partial charge in [-0.05, 0) is 32.5 Å². The third-order valence-electron chi connectivity index (χ3n) is 2.70. The molecule has 3 nitrogen and oxygen atoms in total. The van der Waals surface area contributed by atoms with Crippen molar-refractivity contribution in [2.45, 2.75) is 18.9 Å². The van der Waals surface area contributed by atoms with Crippen molar-refractivity contribution in [3.8, 4) is 0 Å². The maximum Gasteiger partial charge on any atom is 0.185 e. The molecule has 2 rings (SSSR count). The smallest absolute Gasteiger partial charge is 0.185 e. The Labute approximate surface area is 78.2 Å². The molecule has 1 unspecified atom stereocenters. The predicted molar refractivity (Wildman–Crippen MR) is 50.0 cm³/mol. The molecular formula is C10H14N2O. The number of pyridine rings is 1. The first-order valence-electron chi connectivity index (χ1n) is 4.66. The second-order valence-electron chi connectivity index (χ2n) is 3.64. The summed E-state index contributed by atoms with van der Waals surface area (Å²) >= 11 is 0. The van der Waals surface area contributed by atoms with E-state index in [0.29, 0.717) is 6.04 Å². The molecule has 1 saturated heterocycles. The van der Waals surface area contributed by atoms with Crippen molar-refractivity contribution in [2.75, 3.05) is 13.6 Å². The van der Waals surface area contributed by atoms with Crippen LogP contribution in [0.1, 0.15) is 24.4 Å². The highest BCUT2D eigenvalue weighted by atomic mass is 16.5. The molecule has 1 fully saturated rings. The van der Waals surface area contributed by atoms with E-state index < -0.39 is 0 Å². The highest BCUT2D eigenvalue weighted by molar-refractivity contribution is 5.12. The summed E-state index contributed by atoms with van der Waals surface area (Å²) in [7, 11) is 2.11. The van der Waals surface area contributed by atoms with Crippen molar-refractivity contribution in [2.24, 2.45) is 0 Å². The normalized spacial score (nSPS) is 23.6. The van der Waals surface area contributed by atoms with E-state index in [1.165, 1.54) is 19.0 Å². The van der Waals surface area contributed by atoms with Gasteiger partial charge in [0.15, 0.2) is 12.4 Å². The SMILES string of the molecule is CN1CCCC1c1ccc[n+]([O-])c1. The minimum absolute atomic E-state index is 0.446. The summed E-state index contributed by atoms with van der Waals surface area (Å²) in [6.07, 6.45) is 5.60. The van der Waals surface area contributed by atoms with Gasteiger partial charge in [-0.2, -0.15) is 4.73 Å². The van der Waals surface area contributed by atoms with Gasteiger partial charge in [0.25, 0.3) is 0 Å². The van der Waals surface area contributed by atoms with Gasteiger partial charge in [-0.25, -0.2) is 0 Å². The number of aromatic nitrogens is 1. The third kappa shape index (κ3) is 1.65. The van der Waals surface area contributed by atoms with Gasteiger partial charge in [-0.3, -0.25) is 4.90 Å². The van der Waals surface area contributed by atoms with Crippen LogP contribution >= 0.6 is 0 Å². The van der Waals surface area contributed by atoms with Crippen molar-refractivity contribution < 1.29 is 4.73 Å². The molecule has 1 aromatic heterocycles. The van der Waals surface area contributed by atoms with Gasteiger partial charge in [0, 0.05) is 17.7 Å². The zero-order valence-corrected chi connectivity index (χ0v) is 7.81. The lowest BCUT2D eigenvalue weighted by atomic mass is 10.1. The molecule has 0 radical (unpaired) electrons. The van der Waals surface area contributed by atoms with E-state index in [2.05, 4.69) is 11.9 Å². The van der Waals surface area contributed by atoms with Gasteiger partial charge < -0.3 is 5.21 Å². The zero-order valence-electron chi connectivity index (χ0n) is 7.81. The molecule has 1 aromatic rings. The molecule has 0 amide bonds. The van der Waals surface area contributed by atoms with E-state index in [9.17, 15) is 5.21 Å². The minimum atomic E-state index is 0.446. The lowest BCUT2D eigenvalue weighted by Gasteiger charge is -2.18. The number of hydrogen-bond donors (Lipinski definition) is 0. The van der Waals surface area contributed by atoms with Crippen LogP contribution in [-0.2, 0) is 0 Å². The van der Waals surface area contributed by atoms with Gasteiger partial charge in [-0.1, -0.05) is 0 Å². The van der Waals surface area contributed by atoms with Crippen LogP contribution in [-0.4, -0.2) is 18.5 Å². The van der Waals surface area contributed by atoms with Gasteiger partial charge in [0.2, 0.25) is 0 Å². The highest BCUT2D eigenvalue weighted by Crippen LogP contribution is 2.28. The van der Waals surface area contributed by atoms with Crippen LogP contribution in [0.5, 0.6) is 0 Å². The molecule has 1 atom stereocenters. The summed E-state index contributed by atoms with van der Waals surface area (Å²) in [5, 5.41) is 11.1. The number of hydrogen-bond acceptors (Lipinski definition) is 2. The molecule has 1 aliphatic heterocycles. The Morgan fingerprint density at radius 1 is 1.62 bits per heavy atom. The van der Waals surface area contributed by atoms with Crippen molar-refractivity contribution >= 4 is 0 Å². The Hall–Kier alpha value is -1.09. The van der Waals surface area contributed by atoms with Crippen LogP contribution in [0.25, 0.3) is 0 Å². The van der Waals surface area contributed by atoms with Gasteiger partial charge in [0.1, 0.15) is 0 Å². The molecule has 0 bridgehead atoms. The fourth-order valence-corrected chi connectivity index (χ4v) is 2.00. The van der Waals surface area contributed by atoms with Crippen LogP contribution < -0.4 is 4.73 Å². The van der Waals surface area contributed by atoms with Crippen LogP contribution in [0.2, 0.25) is 0 Å². The summed E-state index contributed by atoms with van der Waals surface area (Å²) in [6, 6.07) is 4.29. The fourth-order valence-electron chi connectivity index (χ4n) is 2.00. The topological polar surface area (TPSA) is 30.2 Å². The first-order valence-corrected chi connectivity index (χ1v) is 4.66. The van der Waals surface area contributed by atoms with E-state index >= 15 is 0 Å². The zero-order chi connectivity index (χ0) is 9.26. The summed E-state index contributed by atoms with van der Waals surface area (Å²) in [6.45, 7) is 1.14. The Morgan fingerprint density at radius 3 is 3.08 bits per heavy atom. The Balaban J connectivity index is 2.24. The standard InChI is InChI=1S/C10H14N2O/c1-11-6-3-5-10(11)9-4-2-7-12(13)8-9/h2,4,7-8,10H,3,5-6H2,1H3. The molecular weight excluding hydrogens is 164 g/mol. The summed E-state index contributed by atoms with van der Waals surface area (Å²) < 4.78 is 0.876. The minimum Gasteiger partial charge on any atom is -0.619 e. The molecule has 0 aromatic carbocycles. The Bertz CT molecular complexity index is 301. The first-order chi connectivity index (χ1) is 6.27. The van der Waals surface area contributed by atoms with E-state index in [1.54, 1.807) is 6.20 Å². The van der Waals surface area contributed by atoms with E-state index in [1.807, 2.05) is 12.1 Å². The van der Waals surface area contributed by atoms with E-state index in [0.717, 1.165) is 16.8 Å². The van der Waals surface area contributed by atoms with Crippen molar-refractivity contribution in [1.82, 2.24) is 4.90 Å². The molecule has 2 heterocycles. The van der Waals surface area contributed by atoms with E-state index in [4.69, 9.17) is 0 Å². The van der Waals surface area contributed by atoms with Crippen molar-refractivity contribution in [3.63, 3.8) is 0 Å². The average molecular weight is 178 g/mol. The highest BCUT2D eigenvalue weighted by Gasteiger charge is 2.23. The van der Waals surface area contributed by atoms with Crippen molar-refractivity contribution in [3.05, 3.63) is 35.3 Å². The molecule has 0 aliphatic carbocycles. The van der Waals surface area contributed by atoms with Crippen LogP contribution in [0.15, 0.2) is 24.5 Å². The van der Waals surface area contributed by atoms with Crippen LogP contribution in [0.3, 0.4) is 0 Å². The Kier molecular flexibility index (Phi) is 2.19. The fraction of sp³-hybridized carbons (Fsp3) is 0.500. The lowest BCUT2D eigenvalue weighted by Crippen LogP contribution is -2.27. The maximum atomic E-state index is 11.1. The largest absolute Gasteiger partial charge is 0.619 e. The molecule has 1 aliphatic rings. The number of nitrogens with zero attached hydrogens (tertiary/aromatic N) is 2. The van der Waals surface area contributed by atoms with Gasteiger partial charge in [0.05, 0.1) is 0 Å². The summed E-state index contributed by atoms with van der Waals surface area (Å²) in [4.78, 5) is 2.30. The lowest BCUT2D eigenvalue weighted by molar-refractivity contribution is -0.606.